The van der Waals surface area contributed by atoms with Crippen molar-refractivity contribution in [3.63, 3.8) is 0 Å². The van der Waals surface area contributed by atoms with E-state index >= 15 is 0 Å². The minimum Gasteiger partial charge on any atom is -0.385 e. The number of nitrogens with one attached hydrogen (secondary N) is 1. The molecule has 0 spiro atoms. The molecule has 0 aromatic heterocycles. The maximum Gasteiger partial charge on any atom is 0.254 e. The lowest BCUT2D eigenvalue weighted by atomic mass is 10.2. The van der Waals surface area contributed by atoms with Crippen molar-refractivity contribution in [3.8, 4) is 0 Å². The zero-order valence-corrected chi connectivity index (χ0v) is 13.1. The van der Waals surface area contributed by atoms with E-state index < -0.39 is 21.7 Å². The SMILES string of the molecule is COCCCNC(=O)c1cc(S(N)(=O)=O)c(Br)cc1F. The molecular formula is C11H14BrFN2O4S. The number of carbonyl (C=O) groups excluding carboxylic acids is 1. The van der Waals surface area contributed by atoms with Crippen molar-refractivity contribution in [2.45, 2.75) is 11.3 Å². The first-order valence-corrected chi connectivity index (χ1v) is 7.90. The molecule has 9 heteroatoms. The fraction of sp³-hybridized carbons (Fsp3) is 0.364. The quantitative estimate of drug-likeness (QED) is 0.731. The second kappa shape index (κ2) is 7.11. The molecule has 1 aromatic rings. The van der Waals surface area contributed by atoms with Gasteiger partial charge >= 0.3 is 0 Å². The average molecular weight is 369 g/mol. The van der Waals surface area contributed by atoms with Crippen molar-refractivity contribution >= 4 is 31.9 Å². The summed E-state index contributed by atoms with van der Waals surface area (Å²) in [7, 11) is -2.53. The summed E-state index contributed by atoms with van der Waals surface area (Å²) in [5.41, 5.74) is -0.380. The number of carbonyl (C=O) groups is 1. The Morgan fingerprint density at radius 1 is 1.50 bits per heavy atom. The van der Waals surface area contributed by atoms with Gasteiger partial charge in [0.25, 0.3) is 5.91 Å². The number of sulfonamides is 1. The van der Waals surface area contributed by atoms with E-state index in [1.54, 1.807) is 0 Å². The molecule has 0 atom stereocenters. The molecule has 0 heterocycles. The zero-order valence-electron chi connectivity index (χ0n) is 10.7. The summed E-state index contributed by atoms with van der Waals surface area (Å²) in [4.78, 5) is 11.4. The molecule has 0 bridgehead atoms. The van der Waals surface area contributed by atoms with Gasteiger partial charge in [0.2, 0.25) is 10.0 Å². The number of rotatable bonds is 6. The van der Waals surface area contributed by atoms with Crippen LogP contribution in [0.5, 0.6) is 0 Å². The number of halogens is 2. The molecule has 1 amide bonds. The molecule has 112 valence electrons. The van der Waals surface area contributed by atoms with Crippen LogP contribution in [0, 0.1) is 5.82 Å². The predicted molar refractivity (Wildman–Crippen MR) is 74.3 cm³/mol. The summed E-state index contributed by atoms with van der Waals surface area (Å²) in [6, 6.07) is 1.80. The first kappa shape index (κ1) is 17.0. The fourth-order valence-corrected chi connectivity index (χ4v) is 3.04. The van der Waals surface area contributed by atoms with Crippen LogP contribution in [0.1, 0.15) is 16.8 Å². The molecule has 20 heavy (non-hydrogen) atoms. The maximum absolute atomic E-state index is 13.7. The molecular weight excluding hydrogens is 355 g/mol. The highest BCUT2D eigenvalue weighted by Gasteiger charge is 2.20. The molecule has 0 fully saturated rings. The molecule has 0 aliphatic rings. The lowest BCUT2D eigenvalue weighted by Crippen LogP contribution is -2.26. The first-order chi connectivity index (χ1) is 9.27. The molecule has 0 saturated heterocycles. The van der Waals surface area contributed by atoms with Crippen molar-refractivity contribution in [2.24, 2.45) is 5.14 Å². The highest BCUT2D eigenvalue weighted by molar-refractivity contribution is 9.10. The van der Waals surface area contributed by atoms with E-state index in [-0.39, 0.29) is 21.5 Å². The van der Waals surface area contributed by atoms with Crippen molar-refractivity contribution in [1.29, 1.82) is 0 Å². The molecule has 1 aromatic carbocycles. The lowest BCUT2D eigenvalue weighted by molar-refractivity contribution is 0.0944. The summed E-state index contributed by atoms with van der Waals surface area (Å²) in [5, 5.41) is 7.45. The van der Waals surface area contributed by atoms with Crippen molar-refractivity contribution in [2.75, 3.05) is 20.3 Å². The third kappa shape index (κ3) is 4.51. The monoisotopic (exact) mass is 368 g/mol. The summed E-state index contributed by atoms with van der Waals surface area (Å²) in [6.07, 6.45) is 0.558. The van der Waals surface area contributed by atoms with Gasteiger partial charge in [0.15, 0.2) is 0 Å². The van der Waals surface area contributed by atoms with E-state index in [0.717, 1.165) is 12.1 Å². The first-order valence-electron chi connectivity index (χ1n) is 5.56. The third-order valence-corrected chi connectivity index (χ3v) is 4.25. The Kier molecular flexibility index (Phi) is 6.06. The predicted octanol–water partition coefficient (Wildman–Crippen LogP) is 1.00. The number of nitrogens with two attached hydrogens (primary N) is 1. The van der Waals surface area contributed by atoms with Gasteiger partial charge in [0.1, 0.15) is 5.82 Å². The molecule has 0 aliphatic carbocycles. The minimum absolute atomic E-state index is 0.0339. The van der Waals surface area contributed by atoms with E-state index in [4.69, 9.17) is 9.88 Å². The minimum atomic E-state index is -4.05. The van der Waals surface area contributed by atoms with Crippen LogP contribution in [0.4, 0.5) is 4.39 Å². The van der Waals surface area contributed by atoms with Gasteiger partial charge in [-0.05, 0) is 34.5 Å². The molecule has 6 nitrogen and oxygen atoms in total. The van der Waals surface area contributed by atoms with Crippen molar-refractivity contribution < 1.29 is 22.3 Å². The number of amides is 1. The van der Waals surface area contributed by atoms with E-state index in [9.17, 15) is 17.6 Å². The van der Waals surface area contributed by atoms with E-state index in [1.165, 1.54) is 7.11 Å². The van der Waals surface area contributed by atoms with Gasteiger partial charge < -0.3 is 10.1 Å². The molecule has 0 aliphatic heterocycles. The highest BCUT2D eigenvalue weighted by atomic mass is 79.9. The Labute approximate surface area is 124 Å². The standard InChI is InChI=1S/C11H14BrFN2O4S/c1-19-4-2-3-15-11(16)7-5-10(20(14,17)18)8(12)6-9(7)13/h5-6H,2-4H2,1H3,(H,15,16)(H2,14,17,18). The van der Waals surface area contributed by atoms with Crippen LogP contribution in [-0.4, -0.2) is 34.6 Å². The average Bonchev–Trinajstić information content (AvgIpc) is 2.32. The number of primary sulfonamides is 1. The topological polar surface area (TPSA) is 98.5 Å². The van der Waals surface area contributed by atoms with Gasteiger partial charge in [-0.25, -0.2) is 17.9 Å². The second-order valence-electron chi connectivity index (χ2n) is 3.91. The molecule has 0 saturated carbocycles. The van der Waals surface area contributed by atoms with Crippen molar-refractivity contribution in [3.05, 3.63) is 28.0 Å². The van der Waals surface area contributed by atoms with E-state index in [2.05, 4.69) is 21.2 Å². The Balaban J connectivity index is 2.98. The van der Waals surface area contributed by atoms with Crippen LogP contribution >= 0.6 is 15.9 Å². The molecule has 1 rings (SSSR count). The van der Waals surface area contributed by atoms with Gasteiger partial charge in [-0.1, -0.05) is 0 Å². The van der Waals surface area contributed by atoms with Crippen molar-refractivity contribution in [1.82, 2.24) is 5.32 Å². The van der Waals surface area contributed by atoms with Crippen LogP contribution in [-0.2, 0) is 14.8 Å². The Morgan fingerprint density at radius 2 is 2.15 bits per heavy atom. The number of hydrogen-bond donors (Lipinski definition) is 2. The molecule has 0 unspecified atom stereocenters. The second-order valence-corrected chi connectivity index (χ2v) is 6.29. The number of hydrogen-bond acceptors (Lipinski definition) is 4. The fourth-order valence-electron chi connectivity index (χ4n) is 1.43. The summed E-state index contributed by atoms with van der Waals surface area (Å²) < 4.78 is 41.1. The molecule has 0 radical (unpaired) electrons. The Morgan fingerprint density at radius 3 is 2.70 bits per heavy atom. The smallest absolute Gasteiger partial charge is 0.254 e. The number of ether oxygens (including phenoxy) is 1. The maximum atomic E-state index is 13.7. The van der Waals surface area contributed by atoms with Crippen LogP contribution < -0.4 is 10.5 Å². The normalized spacial score (nSPS) is 11.4. The van der Waals surface area contributed by atoms with Gasteiger partial charge in [-0.2, -0.15) is 0 Å². The molecule has 3 N–H and O–H groups in total. The Hall–Kier alpha value is -1.03. The van der Waals surface area contributed by atoms with Gasteiger partial charge in [0.05, 0.1) is 10.5 Å². The van der Waals surface area contributed by atoms with Crippen LogP contribution in [0.15, 0.2) is 21.5 Å². The van der Waals surface area contributed by atoms with Gasteiger partial charge in [-0.3, -0.25) is 4.79 Å². The van der Waals surface area contributed by atoms with Crippen LogP contribution in [0.3, 0.4) is 0 Å². The van der Waals surface area contributed by atoms with Gasteiger partial charge in [-0.15, -0.1) is 0 Å². The number of methoxy groups -OCH3 is 1. The zero-order chi connectivity index (χ0) is 15.3. The lowest BCUT2D eigenvalue weighted by Gasteiger charge is -2.09. The van der Waals surface area contributed by atoms with E-state index in [0.29, 0.717) is 13.0 Å². The number of benzene rings is 1. The van der Waals surface area contributed by atoms with Crippen LogP contribution in [0.2, 0.25) is 0 Å². The summed E-state index contributed by atoms with van der Waals surface area (Å²) in [5.74, 6) is -1.55. The third-order valence-electron chi connectivity index (χ3n) is 2.38. The van der Waals surface area contributed by atoms with Crippen LogP contribution in [0.25, 0.3) is 0 Å². The highest BCUT2D eigenvalue weighted by Crippen LogP contribution is 2.24. The Bertz CT molecular complexity index is 607. The summed E-state index contributed by atoms with van der Waals surface area (Å²) >= 11 is 2.89. The summed E-state index contributed by atoms with van der Waals surface area (Å²) in [6.45, 7) is 0.735. The van der Waals surface area contributed by atoms with Gasteiger partial charge in [0, 0.05) is 24.7 Å². The largest absolute Gasteiger partial charge is 0.385 e. The van der Waals surface area contributed by atoms with E-state index in [1.807, 2.05) is 0 Å².